The van der Waals surface area contributed by atoms with Crippen LogP contribution >= 0.6 is 11.6 Å². The number of nitrogen functional groups attached to an aromatic ring is 1. The number of carbonyl (C=O) groups excluding carboxylic acids is 1. The number of benzene rings is 2. The Hall–Kier alpha value is -2.61. The highest BCUT2D eigenvalue weighted by Gasteiger charge is 2.41. The van der Waals surface area contributed by atoms with E-state index in [4.69, 9.17) is 22.1 Å². The quantitative estimate of drug-likeness (QED) is 0.551. The Morgan fingerprint density at radius 1 is 1.19 bits per heavy atom. The fraction of sp³-hybridized carbons (Fsp3) is 0.375. The molecule has 0 saturated carbocycles. The second kappa shape index (κ2) is 9.48. The monoisotopic (exact) mass is 458 g/mol. The van der Waals surface area contributed by atoms with E-state index in [2.05, 4.69) is 16.8 Å². The van der Waals surface area contributed by atoms with E-state index in [-0.39, 0.29) is 23.8 Å². The normalized spacial score (nSPS) is 21.8. The number of hydrogen-bond acceptors (Lipinski definition) is 5. The first-order valence-corrected chi connectivity index (χ1v) is 11.0. The Morgan fingerprint density at radius 3 is 2.47 bits per heavy atom. The first kappa shape index (κ1) is 22.6. The van der Waals surface area contributed by atoms with Crippen molar-refractivity contribution in [3.05, 3.63) is 64.4 Å². The molecule has 0 spiro atoms. The molecule has 2 unspecified atom stereocenters. The van der Waals surface area contributed by atoms with Crippen LogP contribution in [0.2, 0.25) is 5.02 Å². The first-order chi connectivity index (χ1) is 15.3. The predicted molar refractivity (Wildman–Crippen MR) is 125 cm³/mol. The minimum atomic E-state index is -0.228. The van der Waals surface area contributed by atoms with E-state index in [0.717, 1.165) is 38.3 Å². The van der Waals surface area contributed by atoms with Gasteiger partial charge in [-0.25, -0.2) is 4.39 Å². The average molecular weight is 459 g/mol. The molecule has 2 saturated heterocycles. The van der Waals surface area contributed by atoms with E-state index in [1.165, 1.54) is 12.1 Å². The first-order valence-electron chi connectivity index (χ1n) is 10.6. The highest BCUT2D eigenvalue weighted by Crippen LogP contribution is 2.30. The molecule has 32 heavy (non-hydrogen) atoms. The molecule has 2 N–H and O–H groups in total. The zero-order valence-corrected chi connectivity index (χ0v) is 19.1. The van der Waals surface area contributed by atoms with Crippen LogP contribution in [0.4, 0.5) is 10.1 Å². The van der Waals surface area contributed by atoms with Crippen molar-refractivity contribution in [2.45, 2.75) is 18.6 Å². The summed E-state index contributed by atoms with van der Waals surface area (Å²) < 4.78 is 18.5. The molecule has 0 radical (unpaired) electrons. The maximum Gasteiger partial charge on any atom is 0.247 e. The van der Waals surface area contributed by atoms with Gasteiger partial charge < -0.3 is 20.3 Å². The molecule has 2 heterocycles. The summed E-state index contributed by atoms with van der Waals surface area (Å²) in [6.07, 6.45) is 3.31. The minimum absolute atomic E-state index is 0.0251. The van der Waals surface area contributed by atoms with Gasteiger partial charge in [0.15, 0.2) is 0 Å². The topological polar surface area (TPSA) is 62.0 Å². The third-order valence-electron chi connectivity index (χ3n) is 6.11. The number of hydrogen-bond donors (Lipinski definition) is 1. The molecule has 0 aliphatic carbocycles. The van der Waals surface area contributed by atoms with Crippen LogP contribution in [0.1, 0.15) is 11.1 Å². The summed E-state index contributed by atoms with van der Waals surface area (Å²) in [5.41, 5.74) is 8.32. The molecule has 2 fully saturated rings. The lowest BCUT2D eigenvalue weighted by molar-refractivity contribution is -0.140. The number of anilines is 1. The molecule has 8 heteroatoms. The van der Waals surface area contributed by atoms with Gasteiger partial charge in [-0.1, -0.05) is 23.7 Å². The van der Waals surface area contributed by atoms with E-state index >= 15 is 0 Å². The highest BCUT2D eigenvalue weighted by molar-refractivity contribution is 6.32. The number of likely N-dealkylation sites (N-methyl/N-ethyl adjacent to an activating group) is 1. The van der Waals surface area contributed by atoms with Crippen molar-refractivity contribution in [1.82, 2.24) is 14.7 Å². The zero-order valence-electron chi connectivity index (χ0n) is 18.3. The van der Waals surface area contributed by atoms with Gasteiger partial charge in [0.05, 0.1) is 24.2 Å². The number of nitrogens with zero attached hydrogens (tertiary/aromatic N) is 3. The van der Waals surface area contributed by atoms with Gasteiger partial charge in [0.25, 0.3) is 0 Å². The van der Waals surface area contributed by atoms with E-state index in [1.807, 2.05) is 17.0 Å². The molecule has 6 nitrogen and oxygen atoms in total. The molecule has 1 amide bonds. The van der Waals surface area contributed by atoms with Gasteiger partial charge in [-0.2, -0.15) is 0 Å². The van der Waals surface area contributed by atoms with E-state index in [0.29, 0.717) is 22.0 Å². The summed E-state index contributed by atoms with van der Waals surface area (Å²) in [6, 6.07) is 10.2. The molecule has 4 rings (SSSR count). The van der Waals surface area contributed by atoms with Gasteiger partial charge in [-0.3, -0.25) is 9.69 Å². The Bertz CT molecular complexity index is 998. The lowest BCUT2D eigenvalue weighted by Crippen LogP contribution is -2.68. The summed E-state index contributed by atoms with van der Waals surface area (Å²) >= 11 is 6.11. The number of ether oxygens (including phenoxy) is 1. The van der Waals surface area contributed by atoms with Gasteiger partial charge in [0.2, 0.25) is 5.91 Å². The van der Waals surface area contributed by atoms with E-state index < -0.39 is 0 Å². The van der Waals surface area contributed by atoms with Crippen LogP contribution in [0.3, 0.4) is 0 Å². The summed E-state index contributed by atoms with van der Waals surface area (Å²) in [7, 11) is 3.63. The fourth-order valence-corrected chi connectivity index (χ4v) is 4.95. The number of fused-ring (bicyclic) bond motifs is 2. The van der Waals surface area contributed by atoms with Crippen molar-refractivity contribution in [3.63, 3.8) is 0 Å². The van der Waals surface area contributed by atoms with Crippen LogP contribution in [-0.2, 0) is 11.3 Å². The van der Waals surface area contributed by atoms with Gasteiger partial charge in [-0.05, 0) is 43.0 Å². The fourth-order valence-electron chi connectivity index (χ4n) is 4.70. The molecule has 2 aliphatic heterocycles. The van der Waals surface area contributed by atoms with Crippen LogP contribution in [-0.4, -0.2) is 73.0 Å². The Morgan fingerprint density at radius 2 is 1.84 bits per heavy atom. The molecular formula is C24H28ClFN4O2. The summed E-state index contributed by atoms with van der Waals surface area (Å²) in [6.45, 7) is 3.92. The molecule has 0 aromatic heterocycles. The minimum Gasteiger partial charge on any atom is -0.495 e. The van der Waals surface area contributed by atoms with E-state index in [1.54, 1.807) is 31.4 Å². The van der Waals surface area contributed by atoms with E-state index in [9.17, 15) is 9.18 Å². The smallest absolute Gasteiger partial charge is 0.247 e. The van der Waals surface area contributed by atoms with Gasteiger partial charge in [-0.15, -0.1) is 0 Å². The number of carbonyl (C=O) groups is 1. The number of rotatable bonds is 5. The van der Waals surface area contributed by atoms with Crippen molar-refractivity contribution >= 4 is 29.3 Å². The second-order valence-electron chi connectivity index (χ2n) is 8.54. The van der Waals surface area contributed by atoms with Gasteiger partial charge in [0, 0.05) is 50.1 Å². The SMILES string of the molecule is COc1cc(/C=C/C(=O)N2C3CN(C)CC2CN(Cc2ccc(F)cc2)C3)c(N)cc1Cl. The van der Waals surface area contributed by atoms with Gasteiger partial charge in [0.1, 0.15) is 11.6 Å². The molecular weight excluding hydrogens is 431 g/mol. The number of methoxy groups -OCH3 is 1. The maximum atomic E-state index is 13.2. The predicted octanol–water partition coefficient (Wildman–Crippen LogP) is 3.11. The third kappa shape index (κ3) is 4.90. The molecule has 2 aliphatic rings. The Balaban J connectivity index is 1.48. The number of nitrogens with two attached hydrogens (primary N) is 1. The largest absolute Gasteiger partial charge is 0.495 e. The summed E-state index contributed by atoms with van der Waals surface area (Å²) in [5.74, 6) is 0.261. The molecule has 2 aromatic carbocycles. The van der Waals surface area contributed by atoms with Crippen LogP contribution in [0.25, 0.3) is 6.08 Å². The zero-order chi connectivity index (χ0) is 22.8. The summed E-state index contributed by atoms with van der Waals surface area (Å²) in [4.78, 5) is 19.8. The third-order valence-corrected chi connectivity index (χ3v) is 6.40. The lowest BCUT2D eigenvalue weighted by Gasteiger charge is -2.52. The summed E-state index contributed by atoms with van der Waals surface area (Å²) in [5, 5.41) is 0.434. The van der Waals surface area contributed by atoms with Crippen LogP contribution in [0.5, 0.6) is 5.75 Å². The molecule has 2 aromatic rings. The van der Waals surface area contributed by atoms with Crippen molar-refractivity contribution < 1.29 is 13.9 Å². The second-order valence-corrected chi connectivity index (χ2v) is 8.95. The Labute approximate surface area is 193 Å². The standard InChI is InChI=1S/C24H28ClFN4O2/c1-28-12-19-14-29(11-16-3-6-18(26)7-4-16)15-20(13-28)30(19)24(31)8-5-17-9-23(32-2)21(25)10-22(17)27/h3-10,19-20H,11-15,27H2,1-2H3/b8-5+. The molecule has 170 valence electrons. The number of amides is 1. The van der Waals surface area contributed by atoms with Crippen LogP contribution in [0, 0.1) is 5.82 Å². The van der Waals surface area contributed by atoms with Crippen LogP contribution < -0.4 is 10.5 Å². The van der Waals surface area contributed by atoms with Crippen molar-refractivity contribution in [2.24, 2.45) is 0 Å². The Kier molecular flexibility index (Phi) is 6.69. The highest BCUT2D eigenvalue weighted by atomic mass is 35.5. The van der Waals surface area contributed by atoms with Crippen molar-refractivity contribution in [3.8, 4) is 5.75 Å². The average Bonchev–Trinajstić information content (AvgIpc) is 2.74. The van der Waals surface area contributed by atoms with Crippen molar-refractivity contribution in [1.29, 1.82) is 0 Å². The molecule has 2 bridgehead atoms. The van der Waals surface area contributed by atoms with Crippen molar-refractivity contribution in [2.75, 3.05) is 46.1 Å². The number of halogens is 2. The maximum absolute atomic E-state index is 13.2. The lowest BCUT2D eigenvalue weighted by atomic mass is 9.99. The van der Waals surface area contributed by atoms with Gasteiger partial charge >= 0.3 is 0 Å². The van der Waals surface area contributed by atoms with Crippen LogP contribution in [0.15, 0.2) is 42.5 Å². The number of piperazine rings is 2. The molecule has 2 atom stereocenters.